The van der Waals surface area contributed by atoms with Crippen LogP contribution in [-0.2, 0) is 26.5 Å². The van der Waals surface area contributed by atoms with Crippen LogP contribution in [0.1, 0.15) is 75.8 Å². The van der Waals surface area contributed by atoms with Crippen LogP contribution in [0.3, 0.4) is 0 Å². The standard InChI is InChI=1S/C45H36N3O2.C18H24NSi.Ir/c1-26(2)34-23-32(29-11-7-6-8-12-29)24-35(27(3)4)43(34)48-40-14-10-9-13-39(40)47-44(48)38-25-49-41-19-16-30(22-37(38)41)31-17-20-42-36(21-31)33-18-15-28(5)46-45(33)50-42;1-14(2)11-16-12-17(15-9-7-6-8-10-15)19-13-18(16)20(3,4)5;/h6-24,26-27H,1-5H3;6-9,12-14H,11H2,1-5H3;/q2*-1;. The minimum Gasteiger partial charge on any atom is -0.557 e. The van der Waals surface area contributed by atoms with E-state index < -0.39 is 8.07 Å². The molecule has 0 atom stereocenters. The molecule has 0 saturated carbocycles. The van der Waals surface area contributed by atoms with Crippen LogP contribution in [0.15, 0.2) is 161 Å². The summed E-state index contributed by atoms with van der Waals surface area (Å²) in [5, 5.41) is 4.52. The molecule has 8 heteroatoms. The Labute approximate surface area is 432 Å². The molecule has 0 bridgehead atoms. The largest absolute Gasteiger partial charge is 0.557 e. The predicted molar refractivity (Wildman–Crippen MR) is 294 cm³/mol. The van der Waals surface area contributed by atoms with Gasteiger partial charge < -0.3 is 18.4 Å². The van der Waals surface area contributed by atoms with E-state index in [0.717, 1.165) is 84.2 Å². The van der Waals surface area contributed by atoms with Crippen molar-refractivity contribution >= 4 is 57.3 Å². The van der Waals surface area contributed by atoms with Crippen LogP contribution in [0.25, 0.3) is 94.7 Å². The van der Waals surface area contributed by atoms with Crippen LogP contribution >= 0.6 is 0 Å². The predicted octanol–water partition coefficient (Wildman–Crippen LogP) is 16.7. The van der Waals surface area contributed by atoms with Crippen LogP contribution in [-0.4, -0.2) is 27.6 Å². The number of rotatable bonds is 10. The summed E-state index contributed by atoms with van der Waals surface area (Å²) in [5.41, 5.74) is 18.0. The number of aryl methyl sites for hydroxylation is 1. The molecule has 359 valence electrons. The van der Waals surface area contributed by atoms with Crippen molar-refractivity contribution in [3.63, 3.8) is 0 Å². The second-order valence-corrected chi connectivity index (χ2v) is 25.7. The Morgan fingerprint density at radius 2 is 1.31 bits per heavy atom. The normalized spacial score (nSPS) is 11.8. The Hall–Kier alpha value is -6.70. The van der Waals surface area contributed by atoms with E-state index in [1.807, 2.05) is 43.3 Å². The molecule has 0 N–H and O–H groups in total. The summed E-state index contributed by atoms with van der Waals surface area (Å²) in [7, 11) is -1.34. The molecule has 1 radical (unpaired) electrons. The third kappa shape index (κ3) is 9.86. The molecule has 0 aliphatic rings. The van der Waals surface area contributed by atoms with Gasteiger partial charge in [-0.05, 0) is 124 Å². The zero-order valence-corrected chi connectivity index (χ0v) is 45.7. The van der Waals surface area contributed by atoms with Crippen molar-refractivity contribution in [1.29, 1.82) is 0 Å². The number of benzene rings is 6. The molecule has 0 unspecified atom stereocenters. The van der Waals surface area contributed by atoms with Crippen LogP contribution in [0.2, 0.25) is 19.6 Å². The second kappa shape index (κ2) is 20.2. The van der Waals surface area contributed by atoms with Crippen LogP contribution in [0.5, 0.6) is 0 Å². The first-order valence-electron chi connectivity index (χ1n) is 24.6. The summed E-state index contributed by atoms with van der Waals surface area (Å²) < 4.78 is 14.6. The van der Waals surface area contributed by atoms with Crippen molar-refractivity contribution in [1.82, 2.24) is 19.5 Å². The minimum absolute atomic E-state index is 0. The van der Waals surface area contributed by atoms with E-state index in [9.17, 15) is 0 Å². The summed E-state index contributed by atoms with van der Waals surface area (Å²) in [5.74, 6) is 2.02. The van der Waals surface area contributed by atoms with E-state index in [1.54, 1.807) is 0 Å². The van der Waals surface area contributed by atoms with Gasteiger partial charge >= 0.3 is 0 Å². The molecule has 6 aromatic carbocycles. The zero-order chi connectivity index (χ0) is 48.8. The molecule has 0 spiro atoms. The molecule has 11 rings (SSSR count). The molecule has 0 saturated heterocycles. The Balaban J connectivity index is 0.000000251. The van der Waals surface area contributed by atoms with E-state index >= 15 is 0 Å². The van der Waals surface area contributed by atoms with Gasteiger partial charge in [0.05, 0.1) is 24.9 Å². The van der Waals surface area contributed by atoms with E-state index in [1.165, 1.54) is 38.7 Å². The van der Waals surface area contributed by atoms with Gasteiger partial charge in [-0.25, -0.2) is 4.98 Å². The first kappa shape index (κ1) is 49.3. The molecule has 5 heterocycles. The molecule has 6 nitrogen and oxygen atoms in total. The van der Waals surface area contributed by atoms with Crippen molar-refractivity contribution < 1.29 is 28.9 Å². The zero-order valence-electron chi connectivity index (χ0n) is 42.3. The van der Waals surface area contributed by atoms with Crippen molar-refractivity contribution in [2.24, 2.45) is 5.92 Å². The average Bonchev–Trinajstić information content (AvgIpc) is 4.06. The van der Waals surface area contributed by atoms with Gasteiger partial charge in [-0.2, -0.15) is 0 Å². The number of aromatic nitrogens is 4. The molecular weight excluding hydrogens is 1070 g/mol. The molecular formula is C63H60IrN4O2Si-2. The second-order valence-electron chi connectivity index (χ2n) is 20.7. The maximum Gasteiger partial charge on any atom is 0.227 e. The Morgan fingerprint density at radius 3 is 1.99 bits per heavy atom. The number of nitrogens with zero attached hydrogens (tertiary/aromatic N) is 4. The van der Waals surface area contributed by atoms with E-state index in [-0.39, 0.29) is 31.9 Å². The Morgan fingerprint density at radius 1 is 0.634 bits per heavy atom. The number of hydrogen-bond donors (Lipinski definition) is 0. The smallest absolute Gasteiger partial charge is 0.227 e. The fourth-order valence-electron chi connectivity index (χ4n) is 9.77. The minimum atomic E-state index is -1.34. The quantitative estimate of drug-likeness (QED) is 0.101. The molecule has 0 aliphatic heterocycles. The molecule has 0 fully saturated rings. The number of pyridine rings is 2. The van der Waals surface area contributed by atoms with Gasteiger partial charge in [0.25, 0.3) is 0 Å². The Bertz CT molecular complexity index is 3640. The number of furan rings is 2. The monoisotopic (exact) mass is 1130 g/mol. The SMILES string of the molecule is CC(C)Cc1cc(-c2[c-]cccc2)ncc1[Si](C)(C)C.Cc1ccc2c(n1)oc1ccc(-c3ccc4o[c-]c(-c5nc6ccccc6n5-c5c(C(C)C)cc(-c6ccccc6)cc5C(C)C)c4c3)cc12.[Ir]. The van der Waals surface area contributed by atoms with E-state index in [2.05, 4.69) is 203 Å². The summed E-state index contributed by atoms with van der Waals surface area (Å²) in [6, 6.07) is 54.2. The fraction of sp³-hybridized carbons (Fsp3) is 0.222. The topological polar surface area (TPSA) is 69.9 Å². The van der Waals surface area contributed by atoms with E-state index in [4.69, 9.17) is 13.8 Å². The van der Waals surface area contributed by atoms with Crippen molar-refractivity contribution in [3.8, 4) is 50.6 Å². The van der Waals surface area contributed by atoms with Crippen molar-refractivity contribution in [3.05, 3.63) is 187 Å². The fourth-order valence-corrected chi connectivity index (χ4v) is 11.4. The summed E-state index contributed by atoms with van der Waals surface area (Å²) >= 11 is 0. The van der Waals surface area contributed by atoms with Gasteiger partial charge in [-0.1, -0.05) is 150 Å². The number of para-hydroxylation sites is 2. The maximum absolute atomic E-state index is 6.14. The van der Waals surface area contributed by atoms with Crippen LogP contribution < -0.4 is 5.19 Å². The molecule has 11 aromatic rings. The molecule has 71 heavy (non-hydrogen) atoms. The summed E-state index contributed by atoms with van der Waals surface area (Å²) in [6.45, 7) is 22.8. The van der Waals surface area contributed by atoms with E-state index in [0.29, 0.717) is 11.6 Å². The van der Waals surface area contributed by atoms with Crippen LogP contribution in [0, 0.1) is 25.2 Å². The van der Waals surface area contributed by atoms with Gasteiger partial charge in [0.2, 0.25) is 5.71 Å². The average molecular weight is 1130 g/mol. The molecule has 0 aliphatic carbocycles. The third-order valence-corrected chi connectivity index (χ3v) is 15.3. The van der Waals surface area contributed by atoms with Gasteiger partial charge in [-0.3, -0.25) is 4.98 Å². The number of imidazole rings is 1. The summed E-state index contributed by atoms with van der Waals surface area (Å²) in [6.07, 6.45) is 6.53. The summed E-state index contributed by atoms with van der Waals surface area (Å²) in [4.78, 5) is 14.6. The number of hydrogen-bond acceptors (Lipinski definition) is 5. The van der Waals surface area contributed by atoms with Gasteiger partial charge in [-0.15, -0.1) is 35.9 Å². The first-order valence-corrected chi connectivity index (χ1v) is 28.1. The molecule has 0 amide bonds. The van der Waals surface area contributed by atoms with Crippen LogP contribution in [0.4, 0.5) is 0 Å². The maximum atomic E-state index is 6.14. The molecule has 5 aromatic heterocycles. The third-order valence-electron chi connectivity index (χ3n) is 13.3. The van der Waals surface area contributed by atoms with Gasteiger partial charge in [0.1, 0.15) is 5.58 Å². The van der Waals surface area contributed by atoms with Crippen molar-refractivity contribution in [2.45, 2.75) is 86.4 Å². The number of fused-ring (bicyclic) bond motifs is 5. The van der Waals surface area contributed by atoms with Gasteiger partial charge in [0, 0.05) is 60.3 Å². The Kier molecular flexibility index (Phi) is 14.0. The first-order chi connectivity index (χ1) is 33.7. The van der Waals surface area contributed by atoms with Gasteiger partial charge in [0.15, 0.2) is 0 Å². The van der Waals surface area contributed by atoms with Crippen molar-refractivity contribution in [2.75, 3.05) is 0 Å².